The van der Waals surface area contributed by atoms with Crippen LogP contribution >= 0.6 is 11.8 Å². The summed E-state index contributed by atoms with van der Waals surface area (Å²) in [5.74, 6) is 0. The highest BCUT2D eigenvalue weighted by Crippen LogP contribution is 2.37. The van der Waals surface area contributed by atoms with Crippen molar-refractivity contribution >= 4 is 28.8 Å². The van der Waals surface area contributed by atoms with Crippen molar-refractivity contribution < 1.29 is 0 Å². The molecule has 4 heteroatoms. The van der Waals surface area contributed by atoms with E-state index in [0.29, 0.717) is 0 Å². The second-order valence-electron chi connectivity index (χ2n) is 4.95. The number of nitrogen functional groups attached to an aromatic ring is 1. The van der Waals surface area contributed by atoms with Gasteiger partial charge in [0.1, 0.15) is 0 Å². The third-order valence-electron chi connectivity index (χ3n) is 3.21. The number of hydrogen-bond acceptors (Lipinski definition) is 4. The van der Waals surface area contributed by atoms with Gasteiger partial charge >= 0.3 is 0 Å². The summed E-state index contributed by atoms with van der Waals surface area (Å²) in [5.41, 5.74) is 10.4. The molecule has 0 aliphatic rings. The highest BCUT2D eigenvalue weighted by atomic mass is 32.2. The number of benzene rings is 2. The van der Waals surface area contributed by atoms with Gasteiger partial charge in [-0.3, -0.25) is 0 Å². The molecule has 0 atom stereocenters. The van der Waals surface area contributed by atoms with Gasteiger partial charge in [-0.2, -0.15) is 0 Å². The Labute approximate surface area is 125 Å². The first kappa shape index (κ1) is 14.6. The quantitative estimate of drug-likeness (QED) is 0.838. The van der Waals surface area contributed by atoms with E-state index in [1.807, 2.05) is 33.3 Å². The van der Waals surface area contributed by atoms with Crippen LogP contribution < -0.4 is 16.0 Å². The maximum Gasteiger partial charge on any atom is 0.0457 e. The lowest BCUT2D eigenvalue weighted by atomic mass is 10.2. The standard InChI is InChI=1S/C16H21N3S/c1-11-5-6-12(18-2)9-15(11)20-16-10-13(19(3)4)7-8-14(16)17/h5-10,18H,17H2,1-4H3. The van der Waals surface area contributed by atoms with Gasteiger partial charge in [-0.05, 0) is 42.8 Å². The van der Waals surface area contributed by atoms with Crippen LogP contribution in [0.4, 0.5) is 17.1 Å². The van der Waals surface area contributed by atoms with Crippen LogP contribution in [0, 0.1) is 6.92 Å². The maximum atomic E-state index is 6.10. The van der Waals surface area contributed by atoms with Gasteiger partial charge in [0.25, 0.3) is 0 Å². The molecule has 0 aliphatic carbocycles. The monoisotopic (exact) mass is 287 g/mol. The average molecular weight is 287 g/mol. The smallest absolute Gasteiger partial charge is 0.0457 e. The maximum absolute atomic E-state index is 6.10. The summed E-state index contributed by atoms with van der Waals surface area (Å²) in [4.78, 5) is 4.40. The minimum absolute atomic E-state index is 0.815. The Kier molecular flexibility index (Phi) is 4.45. The van der Waals surface area contributed by atoms with Gasteiger partial charge in [-0.15, -0.1) is 0 Å². The summed E-state index contributed by atoms with van der Waals surface area (Å²) < 4.78 is 0. The Balaban J connectivity index is 2.36. The van der Waals surface area contributed by atoms with E-state index in [1.165, 1.54) is 10.5 Å². The van der Waals surface area contributed by atoms with Crippen LogP contribution in [0.3, 0.4) is 0 Å². The zero-order valence-electron chi connectivity index (χ0n) is 12.4. The number of nitrogens with one attached hydrogen (secondary N) is 1. The molecule has 2 aromatic rings. The lowest BCUT2D eigenvalue weighted by Gasteiger charge is -2.16. The molecule has 2 aromatic carbocycles. The summed E-state index contributed by atoms with van der Waals surface area (Å²) in [6.07, 6.45) is 0. The molecule has 0 heterocycles. The van der Waals surface area contributed by atoms with Gasteiger partial charge in [0, 0.05) is 48.0 Å². The molecule has 3 N–H and O–H groups in total. The minimum Gasteiger partial charge on any atom is -0.398 e. The van der Waals surface area contributed by atoms with Crippen LogP contribution in [-0.2, 0) is 0 Å². The second kappa shape index (κ2) is 6.09. The first-order chi connectivity index (χ1) is 9.51. The van der Waals surface area contributed by atoms with E-state index < -0.39 is 0 Å². The van der Waals surface area contributed by atoms with E-state index in [2.05, 4.69) is 41.4 Å². The van der Waals surface area contributed by atoms with Gasteiger partial charge in [0.15, 0.2) is 0 Å². The van der Waals surface area contributed by atoms with Gasteiger partial charge in [0.05, 0.1) is 0 Å². The van der Waals surface area contributed by atoms with Crippen molar-refractivity contribution in [3.8, 4) is 0 Å². The molecule has 0 aliphatic heterocycles. The second-order valence-corrected chi connectivity index (χ2v) is 6.03. The molecule has 3 nitrogen and oxygen atoms in total. The van der Waals surface area contributed by atoms with E-state index in [0.717, 1.165) is 22.0 Å². The van der Waals surface area contributed by atoms with Crippen LogP contribution in [0.25, 0.3) is 0 Å². The number of hydrogen-bond donors (Lipinski definition) is 2. The molecule has 0 spiro atoms. The Bertz CT molecular complexity index is 609. The predicted molar refractivity (Wildman–Crippen MR) is 90.0 cm³/mol. The summed E-state index contributed by atoms with van der Waals surface area (Å²) in [7, 11) is 6.00. The Hall–Kier alpha value is -1.81. The zero-order chi connectivity index (χ0) is 14.7. The molecule has 0 saturated heterocycles. The number of rotatable bonds is 4. The summed E-state index contributed by atoms with van der Waals surface area (Å²) in [5, 5.41) is 3.17. The van der Waals surface area contributed by atoms with Crippen molar-refractivity contribution in [1.29, 1.82) is 0 Å². The van der Waals surface area contributed by atoms with Crippen LogP contribution in [0.1, 0.15) is 5.56 Å². The van der Waals surface area contributed by atoms with Gasteiger partial charge in [-0.25, -0.2) is 0 Å². The number of anilines is 3. The van der Waals surface area contributed by atoms with Crippen LogP contribution in [0.2, 0.25) is 0 Å². The van der Waals surface area contributed by atoms with E-state index in [-0.39, 0.29) is 0 Å². The summed E-state index contributed by atoms with van der Waals surface area (Å²) in [6, 6.07) is 12.5. The molecular formula is C16H21N3S. The van der Waals surface area contributed by atoms with Crippen molar-refractivity contribution in [2.24, 2.45) is 0 Å². The van der Waals surface area contributed by atoms with Crippen molar-refractivity contribution in [3.63, 3.8) is 0 Å². The van der Waals surface area contributed by atoms with Crippen LogP contribution in [0.15, 0.2) is 46.2 Å². The third-order valence-corrected chi connectivity index (χ3v) is 4.44. The SMILES string of the molecule is CNc1ccc(C)c(Sc2cc(N(C)C)ccc2N)c1. The topological polar surface area (TPSA) is 41.3 Å². The fourth-order valence-electron chi connectivity index (χ4n) is 1.87. The number of nitrogens with two attached hydrogens (primary N) is 1. The van der Waals surface area contributed by atoms with Crippen molar-refractivity contribution in [2.75, 3.05) is 37.1 Å². The lowest BCUT2D eigenvalue weighted by molar-refractivity contribution is 1.12. The zero-order valence-corrected chi connectivity index (χ0v) is 13.2. The molecule has 0 fully saturated rings. The first-order valence-corrected chi connectivity index (χ1v) is 7.36. The molecule has 106 valence electrons. The summed E-state index contributed by atoms with van der Waals surface area (Å²) in [6.45, 7) is 2.12. The van der Waals surface area contributed by atoms with E-state index in [4.69, 9.17) is 5.73 Å². The Morgan fingerprint density at radius 3 is 2.45 bits per heavy atom. The average Bonchev–Trinajstić information content (AvgIpc) is 2.43. The van der Waals surface area contributed by atoms with E-state index in [1.54, 1.807) is 11.8 Å². The molecule has 0 saturated carbocycles. The van der Waals surface area contributed by atoms with Gasteiger partial charge in [-0.1, -0.05) is 17.8 Å². The molecule has 0 unspecified atom stereocenters. The highest BCUT2D eigenvalue weighted by molar-refractivity contribution is 7.99. The number of nitrogens with zero attached hydrogens (tertiary/aromatic N) is 1. The molecule has 0 amide bonds. The highest BCUT2D eigenvalue weighted by Gasteiger charge is 2.07. The predicted octanol–water partition coefficient (Wildman–Crippen LogP) is 3.84. The first-order valence-electron chi connectivity index (χ1n) is 6.54. The third kappa shape index (κ3) is 3.20. The van der Waals surface area contributed by atoms with Crippen LogP contribution in [-0.4, -0.2) is 21.1 Å². The molecule has 0 aromatic heterocycles. The van der Waals surface area contributed by atoms with Crippen molar-refractivity contribution in [3.05, 3.63) is 42.0 Å². The lowest BCUT2D eigenvalue weighted by Crippen LogP contribution is -2.08. The van der Waals surface area contributed by atoms with Gasteiger partial charge in [0.2, 0.25) is 0 Å². The molecule has 0 radical (unpaired) electrons. The van der Waals surface area contributed by atoms with Crippen LogP contribution in [0.5, 0.6) is 0 Å². The van der Waals surface area contributed by atoms with E-state index in [9.17, 15) is 0 Å². The van der Waals surface area contributed by atoms with Crippen molar-refractivity contribution in [2.45, 2.75) is 16.7 Å². The molecule has 0 bridgehead atoms. The van der Waals surface area contributed by atoms with Crippen molar-refractivity contribution in [1.82, 2.24) is 0 Å². The Morgan fingerprint density at radius 1 is 1.05 bits per heavy atom. The van der Waals surface area contributed by atoms with E-state index >= 15 is 0 Å². The number of aryl methyl sites for hydroxylation is 1. The molecule has 2 rings (SSSR count). The summed E-state index contributed by atoms with van der Waals surface area (Å²) >= 11 is 1.71. The Morgan fingerprint density at radius 2 is 1.80 bits per heavy atom. The normalized spacial score (nSPS) is 10.4. The van der Waals surface area contributed by atoms with Gasteiger partial charge < -0.3 is 16.0 Å². The largest absolute Gasteiger partial charge is 0.398 e. The molecule has 20 heavy (non-hydrogen) atoms. The fraction of sp³-hybridized carbons (Fsp3) is 0.250. The molecular weight excluding hydrogens is 266 g/mol. The fourth-order valence-corrected chi connectivity index (χ4v) is 2.89. The minimum atomic E-state index is 0.815.